The van der Waals surface area contributed by atoms with E-state index in [1.54, 1.807) is 7.11 Å². The van der Waals surface area contributed by atoms with Crippen LogP contribution in [0.1, 0.15) is 23.0 Å². The largest absolute Gasteiger partial charge is 0.496 e. The number of ether oxygens (including phenoxy) is 1. The molecule has 1 aromatic heterocycles. The van der Waals surface area contributed by atoms with Crippen molar-refractivity contribution in [2.45, 2.75) is 13.3 Å². The third kappa shape index (κ3) is 2.07. The molecular weight excluding hydrogens is 232 g/mol. The first-order valence-corrected chi connectivity index (χ1v) is 5.62. The zero-order chi connectivity index (χ0) is 13.1. The minimum Gasteiger partial charge on any atom is -0.496 e. The van der Waals surface area contributed by atoms with Crippen molar-refractivity contribution in [1.29, 1.82) is 0 Å². The number of nitrogens with zero attached hydrogens (tertiary/aromatic N) is 1. The van der Waals surface area contributed by atoms with Gasteiger partial charge in [-0.25, -0.2) is 4.79 Å². The second-order valence-electron chi connectivity index (χ2n) is 3.81. The van der Waals surface area contributed by atoms with Crippen LogP contribution in [0.25, 0.3) is 11.3 Å². The third-order valence-electron chi connectivity index (χ3n) is 2.79. The predicted molar refractivity (Wildman–Crippen MR) is 66.9 cm³/mol. The highest BCUT2D eigenvalue weighted by atomic mass is 16.5. The van der Waals surface area contributed by atoms with Gasteiger partial charge in [-0.1, -0.05) is 19.1 Å². The van der Waals surface area contributed by atoms with Crippen LogP contribution < -0.4 is 4.74 Å². The summed E-state index contributed by atoms with van der Waals surface area (Å²) in [5.74, 6) is -0.232. The molecule has 0 saturated carbocycles. The van der Waals surface area contributed by atoms with Crippen LogP contribution in [0.3, 0.4) is 0 Å². The minimum atomic E-state index is -1.02. The highest BCUT2D eigenvalue weighted by Gasteiger charge is 2.14. The molecule has 0 radical (unpaired) electrons. The number of aromatic carboxylic acids is 1. The second-order valence-corrected chi connectivity index (χ2v) is 3.81. The van der Waals surface area contributed by atoms with Crippen LogP contribution in [0.5, 0.6) is 5.75 Å². The SMILES string of the molecule is CCc1c(OC)cccc1-c1cc(C(=O)O)[nH]n1. The van der Waals surface area contributed by atoms with Crippen molar-refractivity contribution in [2.24, 2.45) is 0 Å². The Morgan fingerprint density at radius 3 is 2.83 bits per heavy atom. The molecule has 5 nitrogen and oxygen atoms in total. The zero-order valence-electron chi connectivity index (χ0n) is 10.2. The van der Waals surface area contributed by atoms with Crippen molar-refractivity contribution >= 4 is 5.97 Å². The summed E-state index contributed by atoms with van der Waals surface area (Å²) in [6.45, 7) is 2.02. The molecule has 2 aromatic rings. The third-order valence-corrected chi connectivity index (χ3v) is 2.79. The van der Waals surface area contributed by atoms with Gasteiger partial charge in [0.25, 0.3) is 0 Å². The van der Waals surface area contributed by atoms with Gasteiger partial charge >= 0.3 is 5.97 Å². The molecule has 0 spiro atoms. The van der Waals surface area contributed by atoms with Gasteiger partial charge in [0, 0.05) is 11.1 Å². The van der Waals surface area contributed by atoms with Crippen molar-refractivity contribution in [3.63, 3.8) is 0 Å². The maximum atomic E-state index is 10.8. The molecule has 0 aliphatic rings. The lowest BCUT2D eigenvalue weighted by molar-refractivity contribution is 0.0690. The normalized spacial score (nSPS) is 10.3. The first-order chi connectivity index (χ1) is 8.67. The number of methoxy groups -OCH3 is 1. The monoisotopic (exact) mass is 246 g/mol. The number of hydrogen-bond acceptors (Lipinski definition) is 3. The van der Waals surface area contributed by atoms with Crippen molar-refractivity contribution < 1.29 is 14.6 Å². The van der Waals surface area contributed by atoms with E-state index in [9.17, 15) is 4.79 Å². The molecule has 18 heavy (non-hydrogen) atoms. The Bertz CT molecular complexity index is 575. The van der Waals surface area contributed by atoms with Gasteiger partial charge < -0.3 is 9.84 Å². The van der Waals surface area contributed by atoms with E-state index in [-0.39, 0.29) is 5.69 Å². The Morgan fingerprint density at radius 1 is 1.50 bits per heavy atom. The molecular formula is C13H14N2O3. The molecule has 0 saturated heterocycles. The number of aromatic amines is 1. The summed E-state index contributed by atoms with van der Waals surface area (Å²) in [6.07, 6.45) is 0.786. The smallest absolute Gasteiger partial charge is 0.353 e. The zero-order valence-corrected chi connectivity index (χ0v) is 10.2. The van der Waals surface area contributed by atoms with E-state index in [2.05, 4.69) is 10.2 Å². The molecule has 0 aliphatic heterocycles. The van der Waals surface area contributed by atoms with Gasteiger partial charge in [0.05, 0.1) is 12.8 Å². The first kappa shape index (κ1) is 12.2. The molecule has 0 bridgehead atoms. The minimum absolute atomic E-state index is 0.0786. The van der Waals surface area contributed by atoms with Gasteiger partial charge in [-0.15, -0.1) is 0 Å². The Kier molecular flexibility index (Phi) is 3.32. The van der Waals surface area contributed by atoms with Gasteiger partial charge in [0.1, 0.15) is 11.4 Å². The fourth-order valence-electron chi connectivity index (χ4n) is 1.93. The molecule has 0 aliphatic carbocycles. The van der Waals surface area contributed by atoms with E-state index in [1.165, 1.54) is 6.07 Å². The topological polar surface area (TPSA) is 75.2 Å². The number of hydrogen-bond donors (Lipinski definition) is 2. The molecule has 1 aromatic carbocycles. The number of nitrogens with one attached hydrogen (secondary N) is 1. The lowest BCUT2D eigenvalue weighted by Gasteiger charge is -2.10. The van der Waals surface area contributed by atoms with Gasteiger partial charge in [0.2, 0.25) is 0 Å². The summed E-state index contributed by atoms with van der Waals surface area (Å²) >= 11 is 0. The average molecular weight is 246 g/mol. The number of carboxylic acids is 1. The van der Waals surface area contributed by atoms with Crippen LogP contribution >= 0.6 is 0 Å². The van der Waals surface area contributed by atoms with Crippen molar-refractivity contribution in [1.82, 2.24) is 10.2 Å². The molecule has 94 valence electrons. The predicted octanol–water partition coefficient (Wildman–Crippen LogP) is 2.35. The lowest BCUT2D eigenvalue weighted by Crippen LogP contribution is -1.95. The quantitative estimate of drug-likeness (QED) is 0.868. The van der Waals surface area contributed by atoms with Crippen LogP contribution in [0, 0.1) is 0 Å². The van der Waals surface area contributed by atoms with Crippen LogP contribution in [0.15, 0.2) is 24.3 Å². The summed E-state index contributed by atoms with van der Waals surface area (Å²) in [7, 11) is 1.62. The molecule has 2 N–H and O–H groups in total. The Labute approximate surface area is 104 Å². The number of carbonyl (C=O) groups is 1. The van der Waals surface area contributed by atoms with Crippen LogP contribution in [-0.4, -0.2) is 28.4 Å². The van der Waals surface area contributed by atoms with E-state index in [0.29, 0.717) is 5.69 Å². The summed E-state index contributed by atoms with van der Waals surface area (Å²) in [5.41, 5.74) is 2.60. The summed E-state index contributed by atoms with van der Waals surface area (Å²) in [5, 5.41) is 15.4. The molecule has 0 atom stereocenters. The highest BCUT2D eigenvalue weighted by Crippen LogP contribution is 2.30. The summed E-state index contributed by atoms with van der Waals surface area (Å²) < 4.78 is 5.30. The maximum absolute atomic E-state index is 10.8. The fourth-order valence-corrected chi connectivity index (χ4v) is 1.93. The number of aromatic nitrogens is 2. The molecule has 5 heteroatoms. The van der Waals surface area contributed by atoms with E-state index < -0.39 is 5.97 Å². The number of H-pyrrole nitrogens is 1. The molecule has 0 unspecified atom stereocenters. The van der Waals surface area contributed by atoms with Crippen molar-refractivity contribution in [3.8, 4) is 17.0 Å². The Morgan fingerprint density at radius 2 is 2.28 bits per heavy atom. The first-order valence-electron chi connectivity index (χ1n) is 5.62. The lowest BCUT2D eigenvalue weighted by atomic mass is 10.0. The summed E-state index contributed by atoms with van der Waals surface area (Å²) in [4.78, 5) is 10.8. The number of rotatable bonds is 4. The average Bonchev–Trinajstić information content (AvgIpc) is 2.87. The van der Waals surface area contributed by atoms with E-state index in [4.69, 9.17) is 9.84 Å². The maximum Gasteiger partial charge on any atom is 0.353 e. The van der Waals surface area contributed by atoms with Crippen LogP contribution in [0.4, 0.5) is 0 Å². The summed E-state index contributed by atoms with van der Waals surface area (Å²) in [6, 6.07) is 7.18. The molecule has 1 heterocycles. The number of carboxylic acid groups (broad SMARTS) is 1. The molecule has 0 fully saturated rings. The highest BCUT2D eigenvalue weighted by molar-refractivity contribution is 5.87. The van der Waals surface area contributed by atoms with E-state index >= 15 is 0 Å². The van der Waals surface area contributed by atoms with Crippen molar-refractivity contribution in [3.05, 3.63) is 35.5 Å². The van der Waals surface area contributed by atoms with Gasteiger partial charge in [-0.2, -0.15) is 5.10 Å². The van der Waals surface area contributed by atoms with E-state index in [1.807, 2.05) is 25.1 Å². The molecule has 2 rings (SSSR count). The number of benzene rings is 1. The van der Waals surface area contributed by atoms with Crippen molar-refractivity contribution in [2.75, 3.05) is 7.11 Å². The molecule has 0 amide bonds. The Hall–Kier alpha value is -2.30. The van der Waals surface area contributed by atoms with Gasteiger partial charge in [0.15, 0.2) is 0 Å². The van der Waals surface area contributed by atoms with Crippen LogP contribution in [-0.2, 0) is 6.42 Å². The second kappa shape index (κ2) is 4.91. The Balaban J connectivity index is 2.52. The standard InChI is InChI=1S/C13H14N2O3/c1-3-8-9(5-4-6-12(8)18-2)10-7-11(13(16)17)15-14-10/h4-7H,3H2,1-2H3,(H,14,15)(H,16,17). The van der Waals surface area contributed by atoms with Gasteiger partial charge in [-0.05, 0) is 18.6 Å². The van der Waals surface area contributed by atoms with E-state index in [0.717, 1.165) is 23.3 Å². The van der Waals surface area contributed by atoms with Gasteiger partial charge in [-0.3, -0.25) is 5.10 Å². The van der Waals surface area contributed by atoms with Crippen LogP contribution in [0.2, 0.25) is 0 Å². The fraction of sp³-hybridized carbons (Fsp3) is 0.231.